The van der Waals surface area contributed by atoms with E-state index in [0.717, 1.165) is 69.1 Å². The first-order chi connectivity index (χ1) is 13.3. The lowest BCUT2D eigenvalue weighted by Gasteiger charge is -2.37. The van der Waals surface area contributed by atoms with E-state index in [1.54, 1.807) is 6.20 Å². The lowest BCUT2D eigenvalue weighted by molar-refractivity contribution is -0.135. The standard InChI is InChI=1S/C20H25N5O2/c26-20(15-4-1-2-5-15)25-12-10-24(11-13-25)17-16(6-3-9-21-17)19-23-22-18(27-19)14-7-8-14/h3,6,9,14-15H,1-2,4-5,7-8,10-13H2. The molecule has 2 aromatic rings. The SMILES string of the molecule is O=C(C1CCCC1)N1CCN(c2ncccc2-c2nnc(C3CC3)o2)CC1. The highest BCUT2D eigenvalue weighted by Gasteiger charge is 2.32. The highest BCUT2D eigenvalue weighted by Crippen LogP contribution is 2.40. The maximum Gasteiger partial charge on any atom is 0.251 e. The lowest BCUT2D eigenvalue weighted by Crippen LogP contribution is -2.50. The van der Waals surface area contributed by atoms with Crippen molar-refractivity contribution in [3.8, 4) is 11.5 Å². The number of hydrogen-bond acceptors (Lipinski definition) is 6. The summed E-state index contributed by atoms with van der Waals surface area (Å²) in [6.45, 7) is 3.07. The third-order valence-corrected chi connectivity index (χ3v) is 5.98. The van der Waals surface area contributed by atoms with Gasteiger partial charge in [-0.05, 0) is 37.8 Å². The van der Waals surface area contributed by atoms with Crippen molar-refractivity contribution in [2.24, 2.45) is 5.92 Å². The lowest BCUT2D eigenvalue weighted by atomic mass is 10.1. The minimum atomic E-state index is 0.251. The quantitative estimate of drug-likeness (QED) is 0.827. The van der Waals surface area contributed by atoms with Gasteiger partial charge in [0.1, 0.15) is 5.82 Å². The smallest absolute Gasteiger partial charge is 0.251 e. The molecule has 0 bridgehead atoms. The van der Waals surface area contributed by atoms with E-state index >= 15 is 0 Å². The molecular formula is C20H25N5O2. The van der Waals surface area contributed by atoms with Crippen LogP contribution in [0.15, 0.2) is 22.7 Å². The summed E-state index contributed by atoms with van der Waals surface area (Å²) in [5, 5.41) is 8.46. The monoisotopic (exact) mass is 367 g/mol. The first-order valence-electron chi connectivity index (χ1n) is 10.1. The van der Waals surface area contributed by atoms with E-state index in [-0.39, 0.29) is 5.92 Å². The molecule has 3 aliphatic rings. The van der Waals surface area contributed by atoms with Crippen LogP contribution in [0.1, 0.15) is 50.3 Å². The second kappa shape index (κ2) is 6.94. The van der Waals surface area contributed by atoms with Crippen molar-refractivity contribution in [3.63, 3.8) is 0 Å². The van der Waals surface area contributed by atoms with Crippen LogP contribution in [0.3, 0.4) is 0 Å². The van der Waals surface area contributed by atoms with Crippen molar-refractivity contribution in [2.45, 2.75) is 44.4 Å². The molecule has 1 aliphatic heterocycles. The van der Waals surface area contributed by atoms with Gasteiger partial charge in [-0.25, -0.2) is 4.98 Å². The van der Waals surface area contributed by atoms with Crippen molar-refractivity contribution in [3.05, 3.63) is 24.2 Å². The van der Waals surface area contributed by atoms with E-state index in [1.807, 2.05) is 17.0 Å². The highest BCUT2D eigenvalue weighted by atomic mass is 16.4. The van der Waals surface area contributed by atoms with Crippen molar-refractivity contribution >= 4 is 11.7 Å². The van der Waals surface area contributed by atoms with Gasteiger partial charge in [-0.3, -0.25) is 4.79 Å². The number of rotatable bonds is 4. The van der Waals surface area contributed by atoms with E-state index in [1.165, 1.54) is 12.8 Å². The topological polar surface area (TPSA) is 75.4 Å². The first-order valence-corrected chi connectivity index (χ1v) is 10.1. The maximum absolute atomic E-state index is 12.7. The predicted molar refractivity (Wildman–Crippen MR) is 100 cm³/mol. The summed E-state index contributed by atoms with van der Waals surface area (Å²) >= 11 is 0. The summed E-state index contributed by atoms with van der Waals surface area (Å²) in [5.41, 5.74) is 0.882. The van der Waals surface area contributed by atoms with E-state index in [2.05, 4.69) is 20.1 Å². The van der Waals surface area contributed by atoms with Crippen LogP contribution in [0, 0.1) is 5.92 Å². The summed E-state index contributed by atoms with van der Waals surface area (Å²) in [6, 6.07) is 3.89. The first kappa shape index (κ1) is 16.7. The van der Waals surface area contributed by atoms with Crippen LogP contribution in [0.4, 0.5) is 5.82 Å². The fourth-order valence-electron chi connectivity index (χ4n) is 4.22. The normalized spacial score (nSPS) is 21.0. The molecule has 2 saturated carbocycles. The average Bonchev–Trinajstić information content (AvgIpc) is 3.22. The third kappa shape index (κ3) is 3.31. The minimum Gasteiger partial charge on any atom is -0.420 e. The Hall–Kier alpha value is -2.44. The fraction of sp³-hybridized carbons (Fsp3) is 0.600. The second-order valence-corrected chi connectivity index (χ2v) is 7.89. The van der Waals surface area contributed by atoms with Gasteiger partial charge in [0.05, 0.1) is 5.56 Å². The van der Waals surface area contributed by atoms with Crippen molar-refractivity contribution < 1.29 is 9.21 Å². The van der Waals surface area contributed by atoms with Gasteiger partial charge in [-0.1, -0.05) is 12.8 Å². The van der Waals surface area contributed by atoms with Gasteiger partial charge >= 0.3 is 0 Å². The second-order valence-electron chi connectivity index (χ2n) is 7.89. The molecule has 1 saturated heterocycles. The predicted octanol–water partition coefficient (Wildman–Crippen LogP) is 2.85. The Morgan fingerprint density at radius 2 is 1.81 bits per heavy atom. The van der Waals surface area contributed by atoms with E-state index in [0.29, 0.717) is 17.7 Å². The van der Waals surface area contributed by atoms with Crippen LogP contribution < -0.4 is 4.90 Å². The molecule has 3 fully saturated rings. The zero-order valence-electron chi connectivity index (χ0n) is 15.5. The van der Waals surface area contributed by atoms with Crippen LogP contribution in [0.2, 0.25) is 0 Å². The van der Waals surface area contributed by atoms with Crippen molar-refractivity contribution in [1.82, 2.24) is 20.1 Å². The Balaban J connectivity index is 1.30. The molecular weight excluding hydrogens is 342 g/mol. The number of piperazine rings is 1. The summed E-state index contributed by atoms with van der Waals surface area (Å²) in [7, 11) is 0. The molecule has 2 aliphatic carbocycles. The zero-order chi connectivity index (χ0) is 18.2. The number of carbonyl (C=O) groups excluding carboxylic acids is 1. The Kier molecular flexibility index (Phi) is 4.30. The molecule has 1 amide bonds. The largest absolute Gasteiger partial charge is 0.420 e. The van der Waals surface area contributed by atoms with Crippen LogP contribution in [0.5, 0.6) is 0 Å². The van der Waals surface area contributed by atoms with Gasteiger partial charge in [-0.15, -0.1) is 10.2 Å². The van der Waals surface area contributed by atoms with Gasteiger partial charge in [-0.2, -0.15) is 0 Å². The zero-order valence-corrected chi connectivity index (χ0v) is 15.5. The molecule has 0 spiro atoms. The molecule has 0 N–H and O–H groups in total. The van der Waals surface area contributed by atoms with Gasteiger partial charge in [0.2, 0.25) is 11.8 Å². The fourth-order valence-corrected chi connectivity index (χ4v) is 4.22. The number of aromatic nitrogens is 3. The number of pyridine rings is 1. The van der Waals surface area contributed by atoms with E-state index < -0.39 is 0 Å². The summed E-state index contributed by atoms with van der Waals surface area (Å²) in [4.78, 5) is 21.5. The molecule has 2 aromatic heterocycles. The van der Waals surface area contributed by atoms with Gasteiger partial charge < -0.3 is 14.2 Å². The molecule has 0 unspecified atom stereocenters. The Bertz CT molecular complexity index is 817. The molecule has 7 heteroatoms. The van der Waals surface area contributed by atoms with Gasteiger partial charge in [0.25, 0.3) is 5.89 Å². The average molecular weight is 367 g/mol. The van der Waals surface area contributed by atoms with Crippen LogP contribution in [0.25, 0.3) is 11.5 Å². The van der Waals surface area contributed by atoms with Crippen LogP contribution in [-0.4, -0.2) is 52.2 Å². The van der Waals surface area contributed by atoms with Gasteiger partial charge in [0.15, 0.2) is 0 Å². The van der Waals surface area contributed by atoms with Crippen molar-refractivity contribution in [2.75, 3.05) is 31.1 Å². The molecule has 5 rings (SSSR count). The molecule has 142 valence electrons. The minimum absolute atomic E-state index is 0.251. The summed E-state index contributed by atoms with van der Waals surface area (Å²) in [5.74, 6) is 3.20. The molecule has 0 radical (unpaired) electrons. The number of anilines is 1. The molecule has 0 aromatic carbocycles. The Morgan fingerprint density at radius 1 is 1.04 bits per heavy atom. The number of nitrogens with zero attached hydrogens (tertiary/aromatic N) is 5. The maximum atomic E-state index is 12.7. The van der Waals surface area contributed by atoms with Crippen LogP contribution >= 0.6 is 0 Å². The summed E-state index contributed by atoms with van der Waals surface area (Å²) in [6.07, 6.45) is 8.58. The number of carbonyl (C=O) groups is 1. The van der Waals surface area contributed by atoms with Crippen LogP contribution in [-0.2, 0) is 4.79 Å². The number of amides is 1. The third-order valence-electron chi connectivity index (χ3n) is 5.98. The molecule has 3 heterocycles. The van der Waals surface area contributed by atoms with Gasteiger partial charge in [0, 0.05) is 44.2 Å². The van der Waals surface area contributed by atoms with E-state index in [4.69, 9.17) is 4.42 Å². The van der Waals surface area contributed by atoms with Crippen molar-refractivity contribution in [1.29, 1.82) is 0 Å². The molecule has 27 heavy (non-hydrogen) atoms. The van der Waals surface area contributed by atoms with E-state index in [9.17, 15) is 4.79 Å². The molecule has 7 nitrogen and oxygen atoms in total. The summed E-state index contributed by atoms with van der Waals surface area (Å²) < 4.78 is 5.90. The Labute approximate surface area is 158 Å². The number of hydrogen-bond donors (Lipinski definition) is 0. The molecule has 0 atom stereocenters. The Morgan fingerprint density at radius 3 is 2.56 bits per heavy atom. The highest BCUT2D eigenvalue weighted by molar-refractivity contribution is 5.79.